The number of ketones is 1. The molecule has 2 amide bonds. The van der Waals surface area contributed by atoms with Gasteiger partial charge in [0.25, 0.3) is 23.5 Å². The Hall–Kier alpha value is -3.73. The zero-order chi connectivity index (χ0) is 26.4. The molecule has 36 heavy (non-hydrogen) atoms. The van der Waals surface area contributed by atoms with Crippen LogP contribution in [0.4, 0.5) is 14.5 Å². The molecule has 1 aliphatic carbocycles. The van der Waals surface area contributed by atoms with Crippen molar-refractivity contribution in [2.75, 3.05) is 12.4 Å². The van der Waals surface area contributed by atoms with Crippen molar-refractivity contribution in [3.8, 4) is 0 Å². The molecule has 192 valence electrons. The van der Waals surface area contributed by atoms with E-state index in [1.807, 2.05) is 19.1 Å². The van der Waals surface area contributed by atoms with E-state index in [2.05, 4.69) is 10.6 Å². The third-order valence-corrected chi connectivity index (χ3v) is 6.74. The largest absolute Gasteiger partial charge is 0.399 e. The number of fused-ring (bicyclic) bond motifs is 1. The fourth-order valence-electron chi connectivity index (χ4n) is 5.06. The van der Waals surface area contributed by atoms with E-state index >= 15 is 0 Å². The number of carbonyl (C=O) groups excluding carboxylic acids is 3. The van der Waals surface area contributed by atoms with Crippen molar-refractivity contribution in [1.29, 1.82) is 0 Å². The number of halogens is 2. The number of carbonyl (C=O) groups is 3. The number of aryl methyl sites for hydroxylation is 1. The number of amides is 2. The highest BCUT2D eigenvalue weighted by atomic mass is 19.3. The molecule has 2 aliphatic rings. The lowest BCUT2D eigenvalue weighted by Gasteiger charge is -2.47. The number of benzene rings is 1. The molecular weight excluding hydrogens is 470 g/mol. The number of nitrogens with one attached hydrogen (secondary N) is 2. The van der Waals surface area contributed by atoms with Crippen molar-refractivity contribution in [2.45, 2.75) is 57.5 Å². The number of Topliss-reactive ketones (excluding diaryl/α,β-unsaturated/α-hetero) is 1. The van der Waals surface area contributed by atoms with Gasteiger partial charge < -0.3 is 25.9 Å². The number of aromatic nitrogens is 1. The van der Waals surface area contributed by atoms with Gasteiger partial charge in [-0.1, -0.05) is 17.7 Å². The second-order valence-corrected chi connectivity index (χ2v) is 9.70. The highest BCUT2D eigenvalue weighted by Gasteiger charge is 2.59. The average molecular weight is 501 g/mol. The van der Waals surface area contributed by atoms with Gasteiger partial charge in [0.15, 0.2) is 0 Å². The fraction of sp³-hybridized carbons (Fsp3) is 0.400. The highest BCUT2D eigenvalue weighted by Crippen LogP contribution is 2.48. The summed E-state index contributed by atoms with van der Waals surface area (Å²) in [5, 5.41) is 6.37. The highest BCUT2D eigenvalue weighted by molar-refractivity contribution is 6.43. The number of rotatable bonds is 7. The summed E-state index contributed by atoms with van der Waals surface area (Å²) in [6, 6.07) is 7.30. The van der Waals surface area contributed by atoms with Crippen molar-refractivity contribution in [1.82, 2.24) is 14.9 Å². The van der Waals surface area contributed by atoms with Gasteiger partial charge in [-0.25, -0.2) is 14.6 Å². The van der Waals surface area contributed by atoms with Crippen molar-refractivity contribution in [3.63, 3.8) is 0 Å². The van der Waals surface area contributed by atoms with Gasteiger partial charge >= 0.3 is 0 Å². The van der Waals surface area contributed by atoms with Gasteiger partial charge in [0.1, 0.15) is 0 Å². The second kappa shape index (κ2) is 9.05. The van der Waals surface area contributed by atoms with E-state index < -0.39 is 36.0 Å². The van der Waals surface area contributed by atoms with Gasteiger partial charge in [0.05, 0.1) is 22.5 Å². The number of nitrogens with zero attached hydrogens (tertiary/aromatic N) is 2. The lowest BCUT2D eigenvalue weighted by molar-refractivity contribution is -0.137. The molecule has 1 fully saturated rings. The molecule has 2 heterocycles. The monoisotopic (exact) mass is 500 g/mol. The molecule has 0 unspecified atom stereocenters. The topological polar surface area (TPSA) is 135 Å². The summed E-state index contributed by atoms with van der Waals surface area (Å²) in [5.41, 5.74) is 7.43. The number of hydrazine groups is 1. The summed E-state index contributed by atoms with van der Waals surface area (Å²) in [6.07, 6.45) is 1.01. The number of hydrogen-bond donors (Lipinski definition) is 4. The molecule has 6 N–H and O–H groups in total. The van der Waals surface area contributed by atoms with Gasteiger partial charge in [0.2, 0.25) is 0 Å². The van der Waals surface area contributed by atoms with E-state index in [1.165, 1.54) is 13.2 Å². The van der Waals surface area contributed by atoms with Crippen molar-refractivity contribution < 1.29 is 23.2 Å². The molecule has 1 aliphatic heterocycles. The van der Waals surface area contributed by atoms with E-state index in [4.69, 9.17) is 11.6 Å². The van der Waals surface area contributed by atoms with Crippen molar-refractivity contribution in [2.24, 2.45) is 11.6 Å². The predicted molar refractivity (Wildman–Crippen MR) is 130 cm³/mol. The summed E-state index contributed by atoms with van der Waals surface area (Å²) < 4.78 is 29.3. The minimum absolute atomic E-state index is 0.0742. The minimum atomic E-state index is -3.03. The van der Waals surface area contributed by atoms with E-state index in [9.17, 15) is 23.2 Å². The molecule has 1 aromatic carbocycles. The van der Waals surface area contributed by atoms with Crippen LogP contribution in [0.1, 0.15) is 56.9 Å². The Bertz CT molecular complexity index is 1260. The lowest BCUT2D eigenvalue weighted by Crippen LogP contribution is -2.65. The van der Waals surface area contributed by atoms with Crippen LogP contribution in [-0.4, -0.2) is 45.7 Å². The molecular formula is C25H30F2N6O3. The first-order valence-electron chi connectivity index (χ1n) is 11.6. The molecule has 4 rings (SSSR count). The van der Waals surface area contributed by atoms with Crippen LogP contribution >= 0.6 is 0 Å². The van der Waals surface area contributed by atoms with Crippen molar-refractivity contribution >= 4 is 23.3 Å². The predicted octanol–water partition coefficient (Wildman–Crippen LogP) is 2.38. The molecule has 0 bridgehead atoms. The molecule has 11 heteroatoms. The van der Waals surface area contributed by atoms with Crippen LogP contribution in [0, 0.1) is 13.8 Å². The summed E-state index contributed by atoms with van der Waals surface area (Å²) in [6.45, 7) is 4.01. The standard InChI is InChI=1S/C25H30F2N6O3/c1-14-6-8-16(9-7-14)30-22(35)19-15(2)20(33-10-4-5-17(19)33)21(34)23(36)31-24(12-25(26,27)13-24)18(28)11-32(3)29/h6-9,11H,4-5,10,12-13,28-29H2,1-3H3,(H,30,35)(H,31,36)/b18-11-. The maximum atomic E-state index is 13.8. The van der Waals surface area contributed by atoms with Crippen LogP contribution in [0.5, 0.6) is 0 Å². The quantitative estimate of drug-likeness (QED) is 0.200. The van der Waals surface area contributed by atoms with Gasteiger partial charge in [0, 0.05) is 44.0 Å². The fourth-order valence-corrected chi connectivity index (χ4v) is 5.06. The Morgan fingerprint density at radius 1 is 1.14 bits per heavy atom. The average Bonchev–Trinajstić information content (AvgIpc) is 3.32. The van der Waals surface area contributed by atoms with Gasteiger partial charge in [-0.3, -0.25) is 14.4 Å². The van der Waals surface area contributed by atoms with Crippen LogP contribution in [0.3, 0.4) is 0 Å². The maximum absolute atomic E-state index is 13.8. The van der Waals surface area contributed by atoms with Gasteiger partial charge in [-0.05, 0) is 44.4 Å². The van der Waals surface area contributed by atoms with Crippen LogP contribution in [-0.2, 0) is 17.8 Å². The SMILES string of the molecule is Cc1ccc(NC(=O)c2c(C)c(C(=O)C(=O)NC3(/C(N)=C/N(C)N)CC(F)(F)C3)n3c2CCC3)cc1. The van der Waals surface area contributed by atoms with Crippen molar-refractivity contribution in [3.05, 3.63) is 64.2 Å². The minimum Gasteiger partial charge on any atom is -0.399 e. The van der Waals surface area contributed by atoms with Crippen LogP contribution in [0.25, 0.3) is 0 Å². The Morgan fingerprint density at radius 2 is 1.78 bits per heavy atom. The Balaban J connectivity index is 1.62. The van der Waals surface area contributed by atoms with E-state index in [-0.39, 0.29) is 17.3 Å². The van der Waals surface area contributed by atoms with Gasteiger partial charge in [-0.15, -0.1) is 0 Å². The van der Waals surface area contributed by atoms with Gasteiger partial charge in [-0.2, -0.15) is 0 Å². The maximum Gasteiger partial charge on any atom is 0.294 e. The lowest BCUT2D eigenvalue weighted by atomic mass is 9.71. The molecule has 0 atom stereocenters. The Labute approximate surface area is 207 Å². The molecule has 0 radical (unpaired) electrons. The van der Waals surface area contributed by atoms with E-state index in [0.717, 1.165) is 10.6 Å². The number of hydrogen-bond acceptors (Lipinski definition) is 6. The molecule has 9 nitrogen and oxygen atoms in total. The normalized spacial score (nSPS) is 17.7. The molecule has 2 aromatic rings. The van der Waals surface area contributed by atoms with Crippen LogP contribution in [0.15, 0.2) is 36.2 Å². The third-order valence-electron chi connectivity index (χ3n) is 6.74. The Kier molecular flexibility index (Phi) is 6.38. The number of nitrogens with two attached hydrogens (primary N) is 2. The summed E-state index contributed by atoms with van der Waals surface area (Å²) >= 11 is 0. The molecule has 0 spiro atoms. The summed E-state index contributed by atoms with van der Waals surface area (Å²) in [7, 11) is 1.46. The number of anilines is 1. The van der Waals surface area contributed by atoms with E-state index in [1.54, 1.807) is 23.6 Å². The first kappa shape index (κ1) is 25.4. The summed E-state index contributed by atoms with van der Waals surface area (Å²) in [4.78, 5) is 39.6. The molecule has 1 saturated carbocycles. The van der Waals surface area contributed by atoms with Crippen LogP contribution < -0.4 is 22.2 Å². The Morgan fingerprint density at radius 3 is 2.36 bits per heavy atom. The second-order valence-electron chi connectivity index (χ2n) is 9.70. The van der Waals surface area contributed by atoms with E-state index in [0.29, 0.717) is 41.9 Å². The third kappa shape index (κ3) is 4.58. The first-order chi connectivity index (χ1) is 16.8. The molecule has 1 aromatic heterocycles. The smallest absolute Gasteiger partial charge is 0.294 e. The molecule has 0 saturated heterocycles. The number of alkyl halides is 2. The zero-order valence-electron chi connectivity index (χ0n) is 20.5. The summed E-state index contributed by atoms with van der Waals surface area (Å²) in [5.74, 6) is 0.173. The van der Waals surface area contributed by atoms with Crippen LogP contribution in [0.2, 0.25) is 0 Å². The zero-order valence-corrected chi connectivity index (χ0v) is 20.5. The first-order valence-corrected chi connectivity index (χ1v) is 11.6.